The van der Waals surface area contributed by atoms with Crippen molar-refractivity contribution in [1.29, 1.82) is 0 Å². The van der Waals surface area contributed by atoms with Crippen LogP contribution in [0.1, 0.15) is 28.8 Å². The summed E-state index contributed by atoms with van der Waals surface area (Å²) in [6.07, 6.45) is 2.80. The molecule has 1 fully saturated rings. The Hall–Kier alpha value is -1.90. The van der Waals surface area contributed by atoms with E-state index in [9.17, 15) is 8.78 Å². The summed E-state index contributed by atoms with van der Waals surface area (Å²) in [5, 5.41) is 15.9. The molecule has 1 aliphatic carbocycles. The second-order valence-corrected chi connectivity index (χ2v) is 7.23. The monoisotopic (exact) mass is 362 g/mol. The highest BCUT2D eigenvalue weighted by Crippen LogP contribution is 2.55. The van der Waals surface area contributed by atoms with Crippen molar-refractivity contribution in [1.82, 2.24) is 15.2 Å². The van der Waals surface area contributed by atoms with Crippen LogP contribution >= 0.6 is 23.3 Å². The first-order chi connectivity index (χ1) is 11.7. The highest BCUT2D eigenvalue weighted by Gasteiger charge is 2.42. The number of pyridine rings is 1. The number of benzene rings is 1. The third kappa shape index (κ3) is 2.92. The van der Waals surface area contributed by atoms with Crippen LogP contribution in [0.4, 0.5) is 8.78 Å². The van der Waals surface area contributed by atoms with Crippen LogP contribution in [-0.2, 0) is 0 Å². The van der Waals surface area contributed by atoms with E-state index in [4.69, 9.17) is 5.14 Å². The maximum absolute atomic E-state index is 13.9. The predicted octanol–water partition coefficient (Wildman–Crippen LogP) is 4.12. The van der Waals surface area contributed by atoms with E-state index in [0.29, 0.717) is 10.9 Å². The summed E-state index contributed by atoms with van der Waals surface area (Å²) < 4.78 is 26.9. The fourth-order valence-electron chi connectivity index (χ4n) is 2.67. The first kappa shape index (κ1) is 15.6. The van der Waals surface area contributed by atoms with E-state index in [2.05, 4.69) is 15.2 Å². The van der Waals surface area contributed by atoms with Crippen molar-refractivity contribution in [3.05, 3.63) is 58.7 Å². The minimum atomic E-state index is -0.621. The molecule has 0 spiro atoms. The zero-order chi connectivity index (χ0) is 16.7. The maximum Gasteiger partial charge on any atom is 0.150 e. The Balaban J connectivity index is 1.53. The molecule has 4 nitrogen and oxygen atoms in total. The molecule has 1 aromatic carbocycles. The van der Waals surface area contributed by atoms with Crippen molar-refractivity contribution in [3.8, 4) is 10.6 Å². The summed E-state index contributed by atoms with van der Waals surface area (Å²) in [6.45, 7) is 0. The molecule has 3 aromatic rings. The van der Waals surface area contributed by atoms with Gasteiger partial charge in [0, 0.05) is 23.7 Å². The highest BCUT2D eigenvalue weighted by molar-refractivity contribution is 7.97. The average Bonchev–Trinajstić information content (AvgIpc) is 3.24. The third-order valence-electron chi connectivity index (χ3n) is 4.02. The lowest BCUT2D eigenvalue weighted by Crippen LogP contribution is -1.88. The van der Waals surface area contributed by atoms with Gasteiger partial charge in [-0.15, -0.1) is 10.2 Å². The van der Waals surface area contributed by atoms with E-state index in [1.165, 1.54) is 23.5 Å². The second-order valence-electron chi connectivity index (χ2n) is 5.57. The van der Waals surface area contributed by atoms with Crippen LogP contribution in [0.3, 0.4) is 0 Å². The van der Waals surface area contributed by atoms with Crippen LogP contribution in [0.2, 0.25) is 0 Å². The molecular formula is C16H12F2N4S2. The molecule has 0 amide bonds. The van der Waals surface area contributed by atoms with Crippen LogP contribution < -0.4 is 5.14 Å². The van der Waals surface area contributed by atoms with Gasteiger partial charge in [-0.25, -0.2) is 13.8 Å². The Morgan fingerprint density at radius 2 is 2.00 bits per heavy atom. The number of hydrogen-bond donors (Lipinski definition) is 1. The molecule has 1 aliphatic rings. The lowest BCUT2D eigenvalue weighted by Gasteiger charge is -1.99. The van der Waals surface area contributed by atoms with Crippen molar-refractivity contribution < 1.29 is 8.78 Å². The highest BCUT2D eigenvalue weighted by atomic mass is 32.2. The van der Waals surface area contributed by atoms with E-state index >= 15 is 0 Å². The van der Waals surface area contributed by atoms with Crippen molar-refractivity contribution in [3.63, 3.8) is 0 Å². The topological polar surface area (TPSA) is 64.7 Å². The molecule has 0 saturated heterocycles. The molecule has 2 atom stereocenters. The molecule has 2 heterocycles. The minimum Gasteiger partial charge on any atom is -0.272 e. The smallest absolute Gasteiger partial charge is 0.150 e. The maximum atomic E-state index is 13.9. The van der Waals surface area contributed by atoms with Crippen molar-refractivity contribution in [2.24, 2.45) is 5.14 Å². The summed E-state index contributed by atoms with van der Waals surface area (Å²) >= 11 is 2.47. The van der Waals surface area contributed by atoms with Gasteiger partial charge in [0.1, 0.15) is 21.7 Å². The van der Waals surface area contributed by atoms with E-state index in [1.807, 2.05) is 18.3 Å². The van der Waals surface area contributed by atoms with Crippen molar-refractivity contribution >= 4 is 23.3 Å². The Kier molecular flexibility index (Phi) is 4.03. The predicted molar refractivity (Wildman–Crippen MR) is 89.6 cm³/mol. The zero-order valence-electron chi connectivity index (χ0n) is 12.3. The van der Waals surface area contributed by atoms with Gasteiger partial charge in [0.25, 0.3) is 0 Å². The molecular weight excluding hydrogens is 350 g/mol. The van der Waals surface area contributed by atoms with Gasteiger partial charge in [-0.3, -0.25) is 5.14 Å². The van der Waals surface area contributed by atoms with Crippen LogP contribution in [0.15, 0.2) is 41.6 Å². The van der Waals surface area contributed by atoms with Crippen LogP contribution in [0.25, 0.3) is 10.6 Å². The molecule has 1 saturated carbocycles. The zero-order valence-corrected chi connectivity index (χ0v) is 14.0. The SMILES string of the molecule is NSc1ccc(C2CC2c2nnc(-c3ccc(F)cc3F)s2)cn1. The van der Waals surface area contributed by atoms with Gasteiger partial charge in [-0.2, -0.15) is 0 Å². The molecule has 0 aliphatic heterocycles. The Morgan fingerprint density at radius 1 is 1.12 bits per heavy atom. The fraction of sp³-hybridized carbons (Fsp3) is 0.188. The second kappa shape index (κ2) is 6.19. The third-order valence-corrected chi connectivity index (χ3v) is 5.59. The number of rotatable bonds is 4. The molecule has 4 rings (SSSR count). The summed E-state index contributed by atoms with van der Waals surface area (Å²) in [5.41, 5.74) is 1.42. The van der Waals surface area contributed by atoms with Gasteiger partial charge in [-0.05, 0) is 48.0 Å². The average molecular weight is 362 g/mol. The lowest BCUT2D eigenvalue weighted by molar-refractivity contribution is 0.585. The van der Waals surface area contributed by atoms with Gasteiger partial charge in [0.2, 0.25) is 0 Å². The van der Waals surface area contributed by atoms with E-state index in [0.717, 1.165) is 40.0 Å². The normalized spacial score (nSPS) is 19.5. The van der Waals surface area contributed by atoms with Crippen LogP contribution in [0.5, 0.6) is 0 Å². The Morgan fingerprint density at radius 3 is 2.71 bits per heavy atom. The van der Waals surface area contributed by atoms with Gasteiger partial charge in [0.15, 0.2) is 5.01 Å². The van der Waals surface area contributed by atoms with Gasteiger partial charge in [0.05, 0.1) is 0 Å². The minimum absolute atomic E-state index is 0.276. The lowest BCUT2D eigenvalue weighted by atomic mass is 10.1. The molecule has 2 aromatic heterocycles. The molecule has 2 unspecified atom stereocenters. The summed E-state index contributed by atoms with van der Waals surface area (Å²) in [5.74, 6) is -0.593. The molecule has 0 bridgehead atoms. The molecule has 0 radical (unpaired) electrons. The van der Waals surface area contributed by atoms with E-state index < -0.39 is 11.6 Å². The molecule has 2 N–H and O–H groups in total. The van der Waals surface area contributed by atoms with Crippen LogP contribution in [0, 0.1) is 11.6 Å². The summed E-state index contributed by atoms with van der Waals surface area (Å²) in [4.78, 5) is 4.28. The van der Waals surface area contributed by atoms with Crippen molar-refractivity contribution in [2.45, 2.75) is 23.3 Å². The molecule has 24 heavy (non-hydrogen) atoms. The van der Waals surface area contributed by atoms with Crippen LogP contribution in [-0.4, -0.2) is 15.2 Å². The Bertz CT molecular complexity index is 882. The first-order valence-electron chi connectivity index (χ1n) is 7.27. The Labute approximate surface area is 145 Å². The number of halogens is 2. The molecule has 8 heteroatoms. The van der Waals surface area contributed by atoms with E-state index in [-0.39, 0.29) is 11.5 Å². The van der Waals surface area contributed by atoms with Gasteiger partial charge in [-0.1, -0.05) is 17.4 Å². The number of nitrogens with zero attached hydrogens (tertiary/aromatic N) is 3. The van der Waals surface area contributed by atoms with Gasteiger partial charge >= 0.3 is 0 Å². The quantitative estimate of drug-likeness (QED) is 0.708. The van der Waals surface area contributed by atoms with Gasteiger partial charge < -0.3 is 0 Å². The molecule has 122 valence electrons. The summed E-state index contributed by atoms with van der Waals surface area (Å²) in [7, 11) is 0. The largest absolute Gasteiger partial charge is 0.272 e. The first-order valence-corrected chi connectivity index (χ1v) is 8.97. The van der Waals surface area contributed by atoms with E-state index in [1.54, 1.807) is 0 Å². The fourth-order valence-corrected chi connectivity index (χ4v) is 3.98. The number of nitrogens with two attached hydrogens (primary N) is 1. The summed E-state index contributed by atoms with van der Waals surface area (Å²) in [6, 6.07) is 7.40. The number of aromatic nitrogens is 3. The standard InChI is InChI=1S/C16H12F2N4S2/c17-9-2-3-10(13(18)5-9)15-21-22-16(23-15)12-6-11(12)8-1-4-14(24-19)20-7-8/h1-5,7,11-12H,6,19H2. The van der Waals surface area contributed by atoms with Crippen molar-refractivity contribution in [2.75, 3.05) is 0 Å². The number of hydrogen-bond acceptors (Lipinski definition) is 6.